The summed E-state index contributed by atoms with van der Waals surface area (Å²) >= 11 is 0. The molecule has 38 heavy (non-hydrogen) atoms. The maximum Gasteiger partial charge on any atom is 0.292 e. The highest BCUT2D eigenvalue weighted by molar-refractivity contribution is 6.41. The average molecular weight is 509 g/mol. The monoisotopic (exact) mass is 508 g/mol. The van der Waals surface area contributed by atoms with Gasteiger partial charge in [0, 0.05) is 53.6 Å². The molecule has 9 heteroatoms. The van der Waals surface area contributed by atoms with Crippen molar-refractivity contribution in [3.05, 3.63) is 94.8 Å². The van der Waals surface area contributed by atoms with E-state index < -0.39 is 11.7 Å². The first-order valence-electron chi connectivity index (χ1n) is 12.3. The van der Waals surface area contributed by atoms with Crippen LogP contribution >= 0.6 is 0 Å². The van der Waals surface area contributed by atoms with Gasteiger partial charge in [-0.05, 0) is 67.8 Å². The minimum atomic E-state index is -0.799. The normalized spacial score (nSPS) is 13.1. The quantitative estimate of drug-likeness (QED) is 0.313. The minimum Gasteiger partial charge on any atom is -0.398 e. The fourth-order valence-electron chi connectivity index (χ4n) is 4.22. The minimum absolute atomic E-state index is 0.0967. The van der Waals surface area contributed by atoms with Crippen molar-refractivity contribution < 1.29 is 14.4 Å². The van der Waals surface area contributed by atoms with Gasteiger partial charge >= 0.3 is 0 Å². The number of rotatable bonds is 8. The van der Waals surface area contributed by atoms with Crippen molar-refractivity contribution >= 4 is 34.7 Å². The Labute approximate surface area is 221 Å². The number of hydrogen-bond acceptors (Lipinski definition) is 7. The Bertz CT molecular complexity index is 1440. The third-order valence-corrected chi connectivity index (χ3v) is 6.25. The van der Waals surface area contributed by atoms with Gasteiger partial charge in [0.05, 0.1) is 23.9 Å². The summed E-state index contributed by atoms with van der Waals surface area (Å²) in [6, 6.07) is 17.7. The van der Waals surface area contributed by atoms with Crippen molar-refractivity contribution in [2.45, 2.75) is 26.3 Å². The number of aromatic nitrogens is 1. The van der Waals surface area contributed by atoms with Gasteiger partial charge in [-0.1, -0.05) is 12.1 Å². The number of benzene rings is 2. The molecule has 1 aromatic heterocycles. The predicted molar refractivity (Wildman–Crippen MR) is 145 cm³/mol. The number of anilines is 2. The lowest BCUT2D eigenvalue weighted by atomic mass is 10.0. The number of nitrogens with one attached hydrogen (secondary N) is 2. The first-order valence-corrected chi connectivity index (χ1v) is 12.3. The molecular formula is C29H28N6O3. The largest absolute Gasteiger partial charge is 0.398 e. The summed E-state index contributed by atoms with van der Waals surface area (Å²) in [4.78, 5) is 44.0. The van der Waals surface area contributed by atoms with E-state index in [0.29, 0.717) is 28.1 Å². The van der Waals surface area contributed by atoms with Crippen molar-refractivity contribution in [2.24, 2.45) is 5.73 Å². The lowest BCUT2D eigenvalue weighted by Crippen LogP contribution is -2.30. The lowest BCUT2D eigenvalue weighted by Gasteiger charge is -2.19. The van der Waals surface area contributed by atoms with Gasteiger partial charge in [-0.2, -0.15) is 5.26 Å². The van der Waals surface area contributed by atoms with E-state index in [0.717, 1.165) is 43.3 Å². The lowest BCUT2D eigenvalue weighted by molar-refractivity contribution is -0.135. The first kappa shape index (κ1) is 26.1. The maximum absolute atomic E-state index is 13.1. The van der Waals surface area contributed by atoms with Crippen LogP contribution in [0.2, 0.25) is 0 Å². The third kappa shape index (κ3) is 6.42. The number of carbonyl (C=O) groups is 3. The zero-order chi connectivity index (χ0) is 27.1. The zero-order valence-electron chi connectivity index (χ0n) is 21.0. The summed E-state index contributed by atoms with van der Waals surface area (Å²) in [5.74, 6) is -1.97. The molecule has 2 aromatic carbocycles. The van der Waals surface area contributed by atoms with Gasteiger partial charge in [0.15, 0.2) is 0 Å². The van der Waals surface area contributed by atoms with Crippen LogP contribution < -0.4 is 21.3 Å². The molecule has 1 fully saturated rings. The Morgan fingerprint density at radius 2 is 1.89 bits per heavy atom. The summed E-state index contributed by atoms with van der Waals surface area (Å²) in [6.45, 7) is 3.71. The maximum atomic E-state index is 13.1. The average Bonchev–Trinajstić information content (AvgIpc) is 3.48. The molecule has 3 aromatic rings. The second kappa shape index (κ2) is 11.8. The second-order valence-electron chi connectivity index (χ2n) is 9.03. The SMILES string of the molecule is Cc1ccc(NC(=O)c2cc(C#N)cc(N3CCCC3)c2)cc1C(N)=CC(=O)C(=O)NCc1ccccn1. The molecule has 0 atom stereocenters. The Morgan fingerprint density at radius 1 is 1.11 bits per heavy atom. The smallest absolute Gasteiger partial charge is 0.292 e. The van der Waals surface area contributed by atoms with Crippen LogP contribution in [0.1, 0.15) is 45.6 Å². The van der Waals surface area contributed by atoms with Crippen LogP contribution in [0.3, 0.4) is 0 Å². The van der Waals surface area contributed by atoms with E-state index >= 15 is 0 Å². The van der Waals surface area contributed by atoms with Crippen LogP contribution in [0, 0.1) is 18.3 Å². The number of nitriles is 1. The van der Waals surface area contributed by atoms with E-state index in [4.69, 9.17) is 5.73 Å². The molecular weight excluding hydrogens is 480 g/mol. The predicted octanol–water partition coefficient (Wildman–Crippen LogP) is 3.30. The second-order valence-corrected chi connectivity index (χ2v) is 9.03. The number of amides is 2. The number of hydrogen-bond donors (Lipinski definition) is 3. The van der Waals surface area contributed by atoms with Crippen LogP contribution in [0.15, 0.2) is 66.9 Å². The molecule has 192 valence electrons. The highest BCUT2D eigenvalue weighted by atomic mass is 16.2. The standard InChI is InChI=1S/C29H28N6O3/c1-19-7-8-22(34-28(37)21-12-20(17-30)13-24(14-21)35-10-4-5-11-35)15-25(19)26(31)16-27(36)29(38)33-18-23-6-2-3-9-32-23/h2-3,6-9,12-16H,4-5,10-11,18,31H2,1H3,(H,33,38)(H,34,37). The van der Waals surface area contributed by atoms with Gasteiger partial charge in [0.25, 0.3) is 11.8 Å². The molecule has 2 amide bonds. The van der Waals surface area contributed by atoms with Gasteiger partial charge in [0.1, 0.15) is 0 Å². The summed E-state index contributed by atoms with van der Waals surface area (Å²) < 4.78 is 0. The molecule has 2 heterocycles. The Balaban J connectivity index is 1.47. The van der Waals surface area contributed by atoms with Crippen LogP contribution in [-0.4, -0.2) is 35.7 Å². The fourth-order valence-corrected chi connectivity index (χ4v) is 4.22. The molecule has 1 aliphatic heterocycles. The first-order chi connectivity index (χ1) is 18.3. The van der Waals surface area contributed by atoms with Gasteiger partial charge in [-0.3, -0.25) is 19.4 Å². The van der Waals surface area contributed by atoms with Gasteiger partial charge in [-0.25, -0.2) is 0 Å². The molecule has 0 spiro atoms. The number of aryl methyl sites for hydroxylation is 1. The Kier molecular flexibility index (Phi) is 8.14. The van der Waals surface area contributed by atoms with E-state index in [1.807, 2.05) is 6.92 Å². The molecule has 1 aliphatic rings. The fraction of sp³-hybridized carbons (Fsp3) is 0.207. The summed E-state index contributed by atoms with van der Waals surface area (Å²) in [5.41, 5.74) is 10.3. The highest BCUT2D eigenvalue weighted by Crippen LogP contribution is 2.25. The molecule has 0 aliphatic carbocycles. The van der Waals surface area contributed by atoms with E-state index in [1.54, 1.807) is 60.8 Å². The molecule has 1 saturated heterocycles. The van der Waals surface area contributed by atoms with Crippen LogP contribution in [0.25, 0.3) is 5.70 Å². The highest BCUT2D eigenvalue weighted by Gasteiger charge is 2.17. The number of nitrogens with two attached hydrogens (primary N) is 1. The molecule has 4 rings (SSSR count). The number of pyridine rings is 1. The Hall–Kier alpha value is -4.97. The van der Waals surface area contributed by atoms with Gasteiger partial charge < -0.3 is 21.3 Å². The van der Waals surface area contributed by atoms with Crippen LogP contribution in [0.4, 0.5) is 11.4 Å². The van der Waals surface area contributed by atoms with Crippen LogP contribution in [0.5, 0.6) is 0 Å². The van der Waals surface area contributed by atoms with E-state index in [-0.39, 0.29) is 18.1 Å². The number of ketones is 1. The summed E-state index contributed by atoms with van der Waals surface area (Å²) in [7, 11) is 0. The van der Waals surface area contributed by atoms with Gasteiger partial charge in [0.2, 0.25) is 5.78 Å². The molecule has 0 radical (unpaired) electrons. The molecule has 0 saturated carbocycles. The van der Waals surface area contributed by atoms with Gasteiger partial charge in [-0.15, -0.1) is 0 Å². The summed E-state index contributed by atoms with van der Waals surface area (Å²) in [6.07, 6.45) is 4.82. The van der Waals surface area contributed by atoms with E-state index in [9.17, 15) is 19.6 Å². The summed E-state index contributed by atoms with van der Waals surface area (Å²) in [5, 5.41) is 14.8. The van der Waals surface area contributed by atoms with Crippen LogP contribution in [-0.2, 0) is 16.1 Å². The van der Waals surface area contributed by atoms with Crippen molar-refractivity contribution in [2.75, 3.05) is 23.3 Å². The molecule has 0 bridgehead atoms. The van der Waals surface area contributed by atoms with Crippen molar-refractivity contribution in [1.29, 1.82) is 5.26 Å². The topological polar surface area (TPSA) is 141 Å². The number of carbonyl (C=O) groups excluding carboxylic acids is 3. The Morgan fingerprint density at radius 3 is 2.61 bits per heavy atom. The van der Waals surface area contributed by atoms with Crippen molar-refractivity contribution in [3.8, 4) is 6.07 Å². The van der Waals surface area contributed by atoms with Crippen molar-refractivity contribution in [1.82, 2.24) is 10.3 Å². The molecule has 9 nitrogen and oxygen atoms in total. The molecule has 4 N–H and O–H groups in total. The van der Waals surface area contributed by atoms with Crippen molar-refractivity contribution in [3.63, 3.8) is 0 Å². The molecule has 0 unspecified atom stereocenters. The van der Waals surface area contributed by atoms with E-state index in [1.165, 1.54) is 0 Å². The van der Waals surface area contributed by atoms with E-state index in [2.05, 4.69) is 26.6 Å². The number of nitrogens with zero attached hydrogens (tertiary/aromatic N) is 3. The zero-order valence-corrected chi connectivity index (χ0v) is 21.0. The third-order valence-electron chi connectivity index (χ3n) is 6.25.